The predicted octanol–water partition coefficient (Wildman–Crippen LogP) is 4.77. The Kier molecular flexibility index (Phi) is 3.56. The second-order valence-corrected chi connectivity index (χ2v) is 5.26. The summed E-state index contributed by atoms with van der Waals surface area (Å²) in [5, 5.41) is 11.6. The average Bonchev–Trinajstić information content (AvgIpc) is 2.56. The van der Waals surface area contributed by atoms with Gasteiger partial charge in [-0.15, -0.1) is 0 Å². The molecule has 1 N–H and O–H groups in total. The molecule has 0 amide bonds. The lowest BCUT2D eigenvalue weighted by atomic mass is 10.1. The SMILES string of the molecule is O=[N+]([O-])c1c(-c2ccc(Cl)cc2)[nH]c(Br)c1Br. The van der Waals surface area contributed by atoms with Crippen LogP contribution in [0.1, 0.15) is 0 Å². The van der Waals surface area contributed by atoms with E-state index >= 15 is 0 Å². The molecule has 0 bridgehead atoms. The number of rotatable bonds is 2. The van der Waals surface area contributed by atoms with Gasteiger partial charge in [-0.3, -0.25) is 10.1 Å². The first-order valence-corrected chi connectivity index (χ1v) is 6.44. The quantitative estimate of drug-likeness (QED) is 0.603. The molecule has 1 aromatic carbocycles. The van der Waals surface area contributed by atoms with E-state index in [1.165, 1.54) is 0 Å². The summed E-state index contributed by atoms with van der Waals surface area (Å²) < 4.78 is 0.932. The summed E-state index contributed by atoms with van der Waals surface area (Å²) in [5.41, 5.74) is 1.14. The summed E-state index contributed by atoms with van der Waals surface area (Å²) in [5.74, 6) is 0. The van der Waals surface area contributed by atoms with Gasteiger partial charge >= 0.3 is 5.69 Å². The van der Waals surface area contributed by atoms with Gasteiger partial charge in [0.15, 0.2) is 0 Å². The van der Waals surface area contributed by atoms with Crippen molar-refractivity contribution in [2.45, 2.75) is 0 Å². The molecule has 0 aliphatic rings. The lowest BCUT2D eigenvalue weighted by Gasteiger charge is -1.98. The van der Waals surface area contributed by atoms with E-state index in [1.807, 2.05) is 0 Å². The Morgan fingerprint density at radius 2 is 1.82 bits per heavy atom. The first-order valence-electron chi connectivity index (χ1n) is 4.48. The van der Waals surface area contributed by atoms with Crippen molar-refractivity contribution in [3.63, 3.8) is 0 Å². The van der Waals surface area contributed by atoms with E-state index < -0.39 is 4.92 Å². The fraction of sp³-hybridized carbons (Fsp3) is 0. The average molecular weight is 380 g/mol. The Hall–Kier alpha value is -0.850. The minimum atomic E-state index is -0.435. The zero-order valence-electron chi connectivity index (χ0n) is 8.21. The van der Waals surface area contributed by atoms with E-state index in [9.17, 15) is 10.1 Å². The lowest BCUT2D eigenvalue weighted by molar-refractivity contribution is -0.384. The van der Waals surface area contributed by atoms with E-state index in [0.29, 0.717) is 25.4 Å². The highest BCUT2D eigenvalue weighted by atomic mass is 79.9. The molecule has 2 aromatic rings. The highest BCUT2D eigenvalue weighted by molar-refractivity contribution is 9.13. The van der Waals surface area contributed by atoms with E-state index in [-0.39, 0.29) is 5.69 Å². The van der Waals surface area contributed by atoms with Gasteiger partial charge in [-0.2, -0.15) is 0 Å². The largest absolute Gasteiger partial charge is 0.342 e. The van der Waals surface area contributed by atoms with Crippen LogP contribution >= 0.6 is 43.5 Å². The fourth-order valence-corrected chi connectivity index (χ4v) is 2.39. The molecule has 0 aliphatic carbocycles. The number of nitro groups is 1. The number of aromatic amines is 1. The van der Waals surface area contributed by atoms with Gasteiger partial charge in [0, 0.05) is 10.6 Å². The topological polar surface area (TPSA) is 58.9 Å². The third-order valence-electron chi connectivity index (χ3n) is 2.19. The van der Waals surface area contributed by atoms with E-state index in [1.54, 1.807) is 24.3 Å². The van der Waals surface area contributed by atoms with Gasteiger partial charge in [-0.1, -0.05) is 23.7 Å². The Morgan fingerprint density at radius 3 is 2.35 bits per heavy atom. The Balaban J connectivity index is 2.63. The molecule has 0 saturated heterocycles. The number of hydrogen-bond donors (Lipinski definition) is 1. The van der Waals surface area contributed by atoms with Crippen LogP contribution in [-0.4, -0.2) is 9.91 Å². The summed E-state index contributed by atoms with van der Waals surface area (Å²) in [4.78, 5) is 13.5. The minimum absolute atomic E-state index is 0.000743. The third kappa shape index (κ3) is 2.38. The maximum Gasteiger partial charge on any atom is 0.310 e. The van der Waals surface area contributed by atoms with E-state index in [4.69, 9.17) is 11.6 Å². The third-order valence-corrected chi connectivity index (χ3v) is 4.34. The van der Waals surface area contributed by atoms with Crippen molar-refractivity contribution in [3.8, 4) is 11.3 Å². The molecular formula is C10H5Br2ClN2O2. The highest BCUT2D eigenvalue weighted by Gasteiger charge is 2.25. The first-order chi connectivity index (χ1) is 8.00. The molecule has 0 aliphatic heterocycles. The van der Waals surface area contributed by atoms with Crippen molar-refractivity contribution >= 4 is 49.1 Å². The molecule has 2 rings (SSSR count). The number of nitrogens with zero attached hydrogens (tertiary/aromatic N) is 1. The van der Waals surface area contributed by atoms with Crippen molar-refractivity contribution in [1.29, 1.82) is 0 Å². The van der Waals surface area contributed by atoms with E-state index in [0.717, 1.165) is 0 Å². The fourth-order valence-electron chi connectivity index (χ4n) is 1.43. The Morgan fingerprint density at radius 1 is 1.24 bits per heavy atom. The van der Waals surface area contributed by atoms with Gasteiger partial charge in [-0.25, -0.2) is 0 Å². The molecule has 88 valence electrons. The molecule has 0 fully saturated rings. The Bertz CT molecular complexity index is 581. The van der Waals surface area contributed by atoms with Crippen molar-refractivity contribution < 1.29 is 4.92 Å². The number of hydrogen-bond acceptors (Lipinski definition) is 2. The highest BCUT2D eigenvalue weighted by Crippen LogP contribution is 2.40. The summed E-state index contributed by atoms with van der Waals surface area (Å²) >= 11 is 12.2. The first kappa shape index (κ1) is 12.6. The summed E-state index contributed by atoms with van der Waals surface area (Å²) in [6.07, 6.45) is 0. The maximum absolute atomic E-state index is 11.0. The van der Waals surface area contributed by atoms with Crippen LogP contribution in [0.15, 0.2) is 33.3 Å². The Labute approximate surface area is 118 Å². The molecule has 0 saturated carbocycles. The molecule has 0 radical (unpaired) electrons. The van der Waals surface area contributed by atoms with Crippen LogP contribution in [0.2, 0.25) is 5.02 Å². The molecular weight excluding hydrogens is 375 g/mol. The molecule has 1 heterocycles. The lowest BCUT2D eigenvalue weighted by Crippen LogP contribution is -1.89. The van der Waals surface area contributed by atoms with Gasteiger partial charge < -0.3 is 4.98 Å². The zero-order valence-corrected chi connectivity index (χ0v) is 12.1. The molecule has 1 aromatic heterocycles. The molecule has 4 nitrogen and oxygen atoms in total. The van der Waals surface area contributed by atoms with E-state index in [2.05, 4.69) is 36.8 Å². The molecule has 17 heavy (non-hydrogen) atoms. The second kappa shape index (κ2) is 4.80. The summed E-state index contributed by atoms with van der Waals surface area (Å²) in [6.45, 7) is 0. The normalized spacial score (nSPS) is 10.5. The smallest absolute Gasteiger partial charge is 0.310 e. The van der Waals surface area contributed by atoms with Crippen LogP contribution in [0.3, 0.4) is 0 Å². The predicted molar refractivity (Wildman–Crippen MR) is 73.3 cm³/mol. The summed E-state index contributed by atoms with van der Waals surface area (Å²) in [6, 6.07) is 6.81. The van der Waals surface area contributed by atoms with Crippen molar-refractivity contribution in [2.24, 2.45) is 0 Å². The van der Waals surface area contributed by atoms with Crippen molar-refractivity contribution in [1.82, 2.24) is 4.98 Å². The van der Waals surface area contributed by atoms with Gasteiger partial charge in [0.1, 0.15) is 14.8 Å². The number of halogens is 3. The van der Waals surface area contributed by atoms with Crippen LogP contribution in [0.25, 0.3) is 11.3 Å². The zero-order chi connectivity index (χ0) is 12.6. The number of aromatic nitrogens is 1. The minimum Gasteiger partial charge on any atom is -0.342 e. The van der Waals surface area contributed by atoms with Crippen LogP contribution in [0, 0.1) is 10.1 Å². The molecule has 7 heteroatoms. The molecule has 0 spiro atoms. The number of H-pyrrole nitrogens is 1. The van der Waals surface area contributed by atoms with Gasteiger partial charge in [0.2, 0.25) is 0 Å². The number of nitrogens with one attached hydrogen (secondary N) is 1. The van der Waals surface area contributed by atoms with Crippen LogP contribution in [0.5, 0.6) is 0 Å². The van der Waals surface area contributed by atoms with Crippen molar-refractivity contribution in [3.05, 3.63) is 48.5 Å². The number of benzene rings is 1. The monoisotopic (exact) mass is 378 g/mol. The standard InChI is InChI=1S/C10H5Br2ClN2O2/c11-7-9(15(16)17)8(14-10(7)12)5-1-3-6(13)4-2-5/h1-4,14H. The second-order valence-electron chi connectivity index (χ2n) is 3.24. The summed E-state index contributed by atoms with van der Waals surface area (Å²) in [7, 11) is 0. The van der Waals surface area contributed by atoms with Crippen LogP contribution in [0.4, 0.5) is 5.69 Å². The van der Waals surface area contributed by atoms with Gasteiger partial charge in [0.05, 0.1) is 4.92 Å². The maximum atomic E-state index is 11.0. The molecule has 0 unspecified atom stereocenters. The van der Waals surface area contributed by atoms with Crippen molar-refractivity contribution in [2.75, 3.05) is 0 Å². The van der Waals surface area contributed by atoms with Crippen LogP contribution in [-0.2, 0) is 0 Å². The van der Waals surface area contributed by atoms with Gasteiger partial charge in [0.25, 0.3) is 0 Å². The van der Waals surface area contributed by atoms with Gasteiger partial charge in [-0.05, 0) is 44.0 Å². The van der Waals surface area contributed by atoms with Crippen LogP contribution < -0.4 is 0 Å². The molecule has 0 atom stereocenters.